The molecule has 0 unspecified atom stereocenters. The molecule has 4 atom stereocenters. The molecular weight excluding hydrogens is 486 g/mol. The molecule has 0 aliphatic carbocycles. The predicted molar refractivity (Wildman–Crippen MR) is 142 cm³/mol. The molecule has 4 aromatic carbocycles. The fourth-order valence-corrected chi connectivity index (χ4v) is 6.22. The summed E-state index contributed by atoms with van der Waals surface area (Å²) in [6.07, 6.45) is 1.70. The van der Waals surface area contributed by atoms with E-state index >= 15 is 0 Å². The van der Waals surface area contributed by atoms with Gasteiger partial charge in [-0.3, -0.25) is 19.4 Å². The zero-order chi connectivity index (χ0) is 25.3. The summed E-state index contributed by atoms with van der Waals surface area (Å²) in [7, 11) is 0. The standard InChI is InChI=1S/C30H20ClN3O3/c31-20-14-12-18(13-15-20)28(35)27-25-24(26-22-10-4-2-7-19(22)16-32-34(26)27)29(36)33(30(25)37)23-11-5-8-17-6-1-3-9-21(17)23/h1-16,24-27H/t24-,25+,26+,27-/m0/s1. The number of carbonyl (C=O) groups is 3. The number of amides is 2. The number of hydrogen-bond donors (Lipinski definition) is 0. The molecule has 2 saturated heterocycles. The number of ketones is 1. The van der Waals surface area contributed by atoms with Crippen LogP contribution in [0.5, 0.6) is 0 Å². The van der Waals surface area contributed by atoms with Gasteiger partial charge in [-0.15, -0.1) is 0 Å². The first kappa shape index (κ1) is 21.9. The van der Waals surface area contributed by atoms with E-state index in [4.69, 9.17) is 11.6 Å². The minimum atomic E-state index is -0.919. The summed E-state index contributed by atoms with van der Waals surface area (Å²) < 4.78 is 0. The van der Waals surface area contributed by atoms with Crippen LogP contribution in [0.1, 0.15) is 27.5 Å². The molecule has 0 saturated carbocycles. The van der Waals surface area contributed by atoms with Crippen molar-refractivity contribution in [1.82, 2.24) is 5.01 Å². The summed E-state index contributed by atoms with van der Waals surface area (Å²) >= 11 is 6.06. The first-order valence-electron chi connectivity index (χ1n) is 12.1. The maximum absolute atomic E-state index is 14.2. The second-order valence-electron chi connectivity index (χ2n) is 9.58. The maximum atomic E-state index is 14.2. The second kappa shape index (κ2) is 8.11. The molecule has 0 aromatic heterocycles. The maximum Gasteiger partial charge on any atom is 0.240 e. The van der Waals surface area contributed by atoms with Crippen LogP contribution in [0.15, 0.2) is 96.1 Å². The zero-order valence-electron chi connectivity index (χ0n) is 19.5. The lowest BCUT2D eigenvalue weighted by Crippen LogP contribution is -2.44. The lowest BCUT2D eigenvalue weighted by Gasteiger charge is -2.34. The lowest BCUT2D eigenvalue weighted by molar-refractivity contribution is -0.124. The Morgan fingerprint density at radius 2 is 1.49 bits per heavy atom. The summed E-state index contributed by atoms with van der Waals surface area (Å²) in [6, 6.07) is 26.1. The average molecular weight is 506 g/mol. The van der Waals surface area contributed by atoms with Crippen molar-refractivity contribution in [2.45, 2.75) is 12.1 Å². The number of anilines is 1. The van der Waals surface area contributed by atoms with Gasteiger partial charge < -0.3 is 0 Å². The highest BCUT2D eigenvalue weighted by Crippen LogP contribution is 2.53. The molecule has 7 rings (SSSR count). The van der Waals surface area contributed by atoms with Crippen LogP contribution in [0.2, 0.25) is 5.02 Å². The Morgan fingerprint density at radius 3 is 2.32 bits per heavy atom. The highest BCUT2D eigenvalue weighted by molar-refractivity contribution is 6.30. The van der Waals surface area contributed by atoms with E-state index < -0.39 is 23.9 Å². The SMILES string of the molecule is O=C(c1ccc(Cl)cc1)[C@@H]1[C@@H]2C(=O)N(c3cccc4ccccc34)C(=O)[C@@H]2[C@H]2c3ccccc3C=NN12. The Bertz CT molecular complexity index is 1640. The number of Topliss-reactive ketones (excluding diaryl/α,β-unsaturated/α-hetero) is 1. The van der Waals surface area contributed by atoms with Gasteiger partial charge >= 0.3 is 0 Å². The third-order valence-electron chi connectivity index (χ3n) is 7.70. The number of carbonyl (C=O) groups excluding carboxylic acids is 3. The molecule has 0 radical (unpaired) electrons. The fraction of sp³-hybridized carbons (Fsp3) is 0.133. The third kappa shape index (κ3) is 3.12. The summed E-state index contributed by atoms with van der Waals surface area (Å²) in [4.78, 5) is 43.5. The van der Waals surface area contributed by atoms with Crippen LogP contribution in [0.25, 0.3) is 10.8 Å². The van der Waals surface area contributed by atoms with Crippen LogP contribution < -0.4 is 4.90 Å². The third-order valence-corrected chi connectivity index (χ3v) is 7.95. The van der Waals surface area contributed by atoms with Crippen molar-refractivity contribution in [3.05, 3.63) is 113 Å². The van der Waals surface area contributed by atoms with E-state index in [1.165, 1.54) is 4.90 Å². The molecule has 4 aromatic rings. The number of benzene rings is 4. The molecule has 180 valence electrons. The van der Waals surface area contributed by atoms with Crippen LogP contribution in [-0.2, 0) is 9.59 Å². The van der Waals surface area contributed by atoms with Gasteiger partial charge in [0.15, 0.2) is 5.78 Å². The predicted octanol–water partition coefficient (Wildman–Crippen LogP) is 5.25. The molecule has 2 amide bonds. The molecule has 3 aliphatic heterocycles. The van der Waals surface area contributed by atoms with Crippen LogP contribution in [-0.4, -0.2) is 34.9 Å². The average Bonchev–Trinajstić information content (AvgIpc) is 3.40. The van der Waals surface area contributed by atoms with Crippen molar-refractivity contribution >= 4 is 51.9 Å². The Morgan fingerprint density at radius 1 is 0.784 bits per heavy atom. The first-order chi connectivity index (χ1) is 18.0. The van der Waals surface area contributed by atoms with E-state index in [1.54, 1.807) is 41.6 Å². The fourth-order valence-electron chi connectivity index (χ4n) is 6.09. The number of halogens is 1. The quantitative estimate of drug-likeness (QED) is 0.281. The van der Waals surface area contributed by atoms with Crippen LogP contribution in [0.3, 0.4) is 0 Å². The van der Waals surface area contributed by atoms with Gasteiger partial charge in [-0.2, -0.15) is 5.10 Å². The Labute approximate surface area is 217 Å². The molecule has 3 aliphatic rings. The van der Waals surface area contributed by atoms with Crippen molar-refractivity contribution in [2.75, 3.05) is 4.90 Å². The minimum absolute atomic E-state index is 0.258. The molecule has 3 heterocycles. The van der Waals surface area contributed by atoms with E-state index in [1.807, 2.05) is 60.7 Å². The molecule has 6 nitrogen and oxygen atoms in total. The number of hydrogen-bond acceptors (Lipinski definition) is 5. The molecular formula is C30H20ClN3O3. The van der Waals surface area contributed by atoms with E-state index in [0.29, 0.717) is 16.3 Å². The van der Waals surface area contributed by atoms with Crippen molar-refractivity contribution in [3.8, 4) is 0 Å². The molecule has 2 fully saturated rings. The van der Waals surface area contributed by atoms with Crippen LogP contribution in [0, 0.1) is 11.8 Å². The highest BCUT2D eigenvalue weighted by Gasteiger charge is 2.65. The summed E-state index contributed by atoms with van der Waals surface area (Å²) in [6.45, 7) is 0. The second-order valence-corrected chi connectivity index (χ2v) is 10.0. The van der Waals surface area contributed by atoms with E-state index in [2.05, 4.69) is 5.10 Å². The van der Waals surface area contributed by atoms with Gasteiger partial charge in [0.2, 0.25) is 11.8 Å². The number of rotatable bonds is 3. The summed E-state index contributed by atoms with van der Waals surface area (Å²) in [5.74, 6) is -2.55. The van der Waals surface area contributed by atoms with Gasteiger partial charge in [0, 0.05) is 16.0 Å². The minimum Gasteiger partial charge on any atom is -0.292 e. The Kier molecular flexibility index (Phi) is 4.81. The topological polar surface area (TPSA) is 70.0 Å². The monoisotopic (exact) mass is 505 g/mol. The van der Waals surface area contributed by atoms with Crippen molar-refractivity contribution < 1.29 is 14.4 Å². The smallest absolute Gasteiger partial charge is 0.240 e. The Hall–Kier alpha value is -4.29. The Balaban J connectivity index is 1.40. The van der Waals surface area contributed by atoms with Gasteiger partial charge in [0.05, 0.1) is 29.8 Å². The molecule has 0 bridgehead atoms. The lowest BCUT2D eigenvalue weighted by atomic mass is 9.83. The van der Waals surface area contributed by atoms with Gasteiger partial charge in [0.25, 0.3) is 0 Å². The molecule has 7 heteroatoms. The molecule has 0 spiro atoms. The van der Waals surface area contributed by atoms with Crippen LogP contribution >= 0.6 is 11.6 Å². The molecule has 37 heavy (non-hydrogen) atoms. The summed E-state index contributed by atoms with van der Waals surface area (Å²) in [5.41, 5.74) is 2.73. The first-order valence-corrected chi connectivity index (χ1v) is 12.5. The van der Waals surface area contributed by atoms with Gasteiger partial charge in [0.1, 0.15) is 6.04 Å². The number of nitrogens with zero attached hydrogens (tertiary/aromatic N) is 3. The van der Waals surface area contributed by atoms with E-state index in [-0.39, 0.29) is 17.6 Å². The number of hydrazone groups is 1. The molecule has 0 N–H and O–H groups in total. The highest BCUT2D eigenvalue weighted by atomic mass is 35.5. The summed E-state index contributed by atoms with van der Waals surface area (Å²) in [5, 5.41) is 8.54. The van der Waals surface area contributed by atoms with Gasteiger partial charge in [-0.1, -0.05) is 72.3 Å². The van der Waals surface area contributed by atoms with E-state index in [9.17, 15) is 14.4 Å². The van der Waals surface area contributed by atoms with Crippen molar-refractivity contribution in [1.29, 1.82) is 0 Å². The van der Waals surface area contributed by atoms with Crippen molar-refractivity contribution in [2.24, 2.45) is 16.9 Å². The van der Waals surface area contributed by atoms with Crippen LogP contribution in [0.4, 0.5) is 5.69 Å². The normalized spacial score (nSPS) is 23.8. The number of imide groups is 1. The zero-order valence-corrected chi connectivity index (χ0v) is 20.2. The largest absolute Gasteiger partial charge is 0.292 e. The van der Waals surface area contributed by atoms with Crippen molar-refractivity contribution in [3.63, 3.8) is 0 Å². The van der Waals surface area contributed by atoms with E-state index in [0.717, 1.165) is 21.9 Å². The number of fused-ring (bicyclic) bond motifs is 6. The van der Waals surface area contributed by atoms with Gasteiger partial charge in [-0.05, 0) is 46.8 Å². The van der Waals surface area contributed by atoms with Gasteiger partial charge in [-0.25, -0.2) is 4.90 Å².